The molecule has 1 heterocycles. The van der Waals surface area contributed by atoms with Crippen molar-refractivity contribution < 1.29 is 13.5 Å². The van der Waals surface area contributed by atoms with Crippen molar-refractivity contribution in [2.24, 2.45) is 17.8 Å². The molecule has 2 unspecified atom stereocenters. The number of rotatable bonds is 7. The van der Waals surface area contributed by atoms with Gasteiger partial charge in [-0.1, -0.05) is 32.0 Å². The molecule has 0 radical (unpaired) electrons. The SMILES string of the molecule is CC(C)CN(CC1CNCC1CO)S(=O)(=O)c1ccccc1. The highest BCUT2D eigenvalue weighted by Gasteiger charge is 2.33. The molecule has 2 N–H and O–H groups in total. The number of sulfonamides is 1. The molecule has 1 aromatic carbocycles. The van der Waals surface area contributed by atoms with E-state index in [0.29, 0.717) is 18.0 Å². The Balaban J connectivity index is 2.22. The Morgan fingerprint density at radius 3 is 2.45 bits per heavy atom. The fourth-order valence-electron chi connectivity index (χ4n) is 2.90. The number of nitrogens with one attached hydrogen (secondary N) is 1. The van der Waals surface area contributed by atoms with Gasteiger partial charge in [-0.25, -0.2) is 8.42 Å². The first kappa shape index (κ1) is 17.4. The summed E-state index contributed by atoms with van der Waals surface area (Å²) < 4.78 is 27.4. The van der Waals surface area contributed by atoms with Gasteiger partial charge in [-0.05, 0) is 36.4 Å². The summed E-state index contributed by atoms with van der Waals surface area (Å²) in [6.07, 6.45) is 0. The maximum Gasteiger partial charge on any atom is 0.243 e. The van der Waals surface area contributed by atoms with E-state index in [1.807, 2.05) is 19.9 Å². The second kappa shape index (κ2) is 7.55. The molecular weight excluding hydrogens is 300 g/mol. The third kappa shape index (κ3) is 4.07. The van der Waals surface area contributed by atoms with Crippen molar-refractivity contribution in [3.8, 4) is 0 Å². The average Bonchev–Trinajstić information content (AvgIpc) is 2.94. The van der Waals surface area contributed by atoms with E-state index in [1.165, 1.54) is 0 Å². The van der Waals surface area contributed by atoms with E-state index in [9.17, 15) is 13.5 Å². The van der Waals surface area contributed by atoms with Gasteiger partial charge in [-0.2, -0.15) is 4.31 Å². The van der Waals surface area contributed by atoms with Crippen LogP contribution in [0.1, 0.15) is 13.8 Å². The van der Waals surface area contributed by atoms with E-state index in [2.05, 4.69) is 5.32 Å². The summed E-state index contributed by atoms with van der Waals surface area (Å²) in [5, 5.41) is 12.7. The van der Waals surface area contributed by atoms with Crippen molar-refractivity contribution in [2.45, 2.75) is 18.7 Å². The molecule has 0 aliphatic carbocycles. The average molecular weight is 326 g/mol. The predicted octanol–water partition coefficient (Wildman–Crippen LogP) is 1.16. The Hall–Kier alpha value is -0.950. The van der Waals surface area contributed by atoms with Crippen LogP contribution in [-0.2, 0) is 10.0 Å². The van der Waals surface area contributed by atoms with Crippen molar-refractivity contribution in [1.82, 2.24) is 9.62 Å². The Bertz CT molecular complexity index is 560. The van der Waals surface area contributed by atoms with Crippen LogP contribution in [0.2, 0.25) is 0 Å². The zero-order valence-electron chi connectivity index (χ0n) is 13.3. The van der Waals surface area contributed by atoms with Crippen LogP contribution >= 0.6 is 0 Å². The minimum Gasteiger partial charge on any atom is -0.396 e. The van der Waals surface area contributed by atoms with E-state index in [1.54, 1.807) is 28.6 Å². The molecular formula is C16H26N2O3S. The smallest absolute Gasteiger partial charge is 0.243 e. The lowest BCUT2D eigenvalue weighted by Crippen LogP contribution is -2.40. The second-order valence-electron chi connectivity index (χ2n) is 6.39. The minimum atomic E-state index is -3.49. The first-order chi connectivity index (χ1) is 10.4. The van der Waals surface area contributed by atoms with Crippen LogP contribution in [0.25, 0.3) is 0 Å². The molecule has 0 spiro atoms. The monoisotopic (exact) mass is 326 g/mol. The number of aliphatic hydroxyl groups is 1. The van der Waals surface area contributed by atoms with Gasteiger partial charge >= 0.3 is 0 Å². The Kier molecular flexibility index (Phi) is 5.97. The summed E-state index contributed by atoms with van der Waals surface area (Å²) in [6, 6.07) is 8.58. The summed E-state index contributed by atoms with van der Waals surface area (Å²) in [5.41, 5.74) is 0. The molecule has 1 fully saturated rings. The van der Waals surface area contributed by atoms with Gasteiger partial charge in [0.25, 0.3) is 0 Å². The van der Waals surface area contributed by atoms with Crippen LogP contribution in [0.15, 0.2) is 35.2 Å². The van der Waals surface area contributed by atoms with Crippen LogP contribution < -0.4 is 5.32 Å². The third-order valence-electron chi connectivity index (χ3n) is 4.10. The normalized spacial score (nSPS) is 22.6. The lowest BCUT2D eigenvalue weighted by atomic mass is 9.97. The minimum absolute atomic E-state index is 0.0958. The van der Waals surface area contributed by atoms with E-state index < -0.39 is 10.0 Å². The first-order valence-corrected chi connectivity index (χ1v) is 9.26. The first-order valence-electron chi connectivity index (χ1n) is 7.82. The van der Waals surface area contributed by atoms with Gasteiger partial charge in [0, 0.05) is 26.2 Å². The summed E-state index contributed by atoms with van der Waals surface area (Å²) in [5.74, 6) is 0.531. The van der Waals surface area contributed by atoms with Gasteiger partial charge in [-0.3, -0.25) is 0 Å². The molecule has 0 saturated carbocycles. The molecule has 2 rings (SSSR count). The van der Waals surface area contributed by atoms with E-state index in [0.717, 1.165) is 13.1 Å². The van der Waals surface area contributed by atoms with Gasteiger partial charge in [0.2, 0.25) is 10.0 Å². The Morgan fingerprint density at radius 1 is 1.23 bits per heavy atom. The third-order valence-corrected chi connectivity index (χ3v) is 5.95. The highest BCUT2D eigenvalue weighted by Crippen LogP contribution is 2.23. The highest BCUT2D eigenvalue weighted by atomic mass is 32.2. The van der Waals surface area contributed by atoms with Gasteiger partial charge in [0.05, 0.1) is 4.90 Å². The number of aliphatic hydroxyl groups excluding tert-OH is 1. The molecule has 1 aliphatic rings. The topological polar surface area (TPSA) is 69.6 Å². The van der Waals surface area contributed by atoms with Gasteiger partial charge < -0.3 is 10.4 Å². The number of benzene rings is 1. The highest BCUT2D eigenvalue weighted by molar-refractivity contribution is 7.89. The zero-order valence-corrected chi connectivity index (χ0v) is 14.1. The second-order valence-corrected chi connectivity index (χ2v) is 8.33. The molecule has 1 aliphatic heterocycles. The molecule has 1 aromatic rings. The van der Waals surface area contributed by atoms with Crippen molar-refractivity contribution in [1.29, 1.82) is 0 Å². The predicted molar refractivity (Wildman–Crippen MR) is 87.0 cm³/mol. The fraction of sp³-hybridized carbons (Fsp3) is 0.625. The van der Waals surface area contributed by atoms with Crippen LogP contribution in [0.3, 0.4) is 0 Å². The molecule has 124 valence electrons. The van der Waals surface area contributed by atoms with E-state index in [-0.39, 0.29) is 24.4 Å². The Morgan fingerprint density at radius 2 is 1.86 bits per heavy atom. The van der Waals surface area contributed by atoms with Crippen molar-refractivity contribution >= 4 is 10.0 Å². The molecule has 6 heteroatoms. The number of hydrogen-bond acceptors (Lipinski definition) is 4. The van der Waals surface area contributed by atoms with Crippen molar-refractivity contribution in [3.05, 3.63) is 30.3 Å². The largest absolute Gasteiger partial charge is 0.396 e. The molecule has 2 atom stereocenters. The van der Waals surface area contributed by atoms with Gasteiger partial charge in [0.15, 0.2) is 0 Å². The molecule has 1 saturated heterocycles. The summed E-state index contributed by atoms with van der Waals surface area (Å²) >= 11 is 0. The van der Waals surface area contributed by atoms with Crippen molar-refractivity contribution in [3.63, 3.8) is 0 Å². The number of nitrogens with zero attached hydrogens (tertiary/aromatic N) is 1. The molecule has 0 aromatic heterocycles. The summed E-state index contributed by atoms with van der Waals surface area (Å²) in [7, 11) is -3.49. The van der Waals surface area contributed by atoms with E-state index >= 15 is 0 Å². The molecule has 22 heavy (non-hydrogen) atoms. The van der Waals surface area contributed by atoms with Gasteiger partial charge in [0.1, 0.15) is 0 Å². The van der Waals surface area contributed by atoms with Gasteiger partial charge in [-0.15, -0.1) is 0 Å². The van der Waals surface area contributed by atoms with Crippen molar-refractivity contribution in [2.75, 3.05) is 32.8 Å². The number of hydrogen-bond donors (Lipinski definition) is 2. The van der Waals surface area contributed by atoms with Crippen LogP contribution in [0.4, 0.5) is 0 Å². The Labute approximate surface area is 133 Å². The van der Waals surface area contributed by atoms with Crippen LogP contribution in [0, 0.1) is 17.8 Å². The molecule has 0 amide bonds. The summed E-state index contributed by atoms with van der Waals surface area (Å²) in [4.78, 5) is 0.335. The van der Waals surface area contributed by atoms with Crippen LogP contribution in [0.5, 0.6) is 0 Å². The maximum absolute atomic E-state index is 12.9. The zero-order chi connectivity index (χ0) is 16.2. The standard InChI is InChI=1S/C16H26N2O3S/c1-13(2)10-18(11-14-8-17-9-15(14)12-19)22(20,21)16-6-4-3-5-7-16/h3-7,13-15,17,19H,8-12H2,1-2H3. The lowest BCUT2D eigenvalue weighted by molar-refractivity contribution is 0.187. The van der Waals surface area contributed by atoms with Crippen LogP contribution in [-0.4, -0.2) is 50.6 Å². The molecule has 0 bridgehead atoms. The quantitative estimate of drug-likeness (QED) is 0.789. The molecule has 5 nitrogen and oxygen atoms in total. The fourth-order valence-corrected chi connectivity index (χ4v) is 4.58. The van der Waals surface area contributed by atoms with E-state index in [4.69, 9.17) is 0 Å². The summed E-state index contributed by atoms with van der Waals surface area (Å²) in [6.45, 7) is 6.58. The lowest BCUT2D eigenvalue weighted by Gasteiger charge is -2.28. The maximum atomic E-state index is 12.9.